The smallest absolute Gasteiger partial charge is 0.233 e. The van der Waals surface area contributed by atoms with E-state index in [9.17, 15) is 13.2 Å². The van der Waals surface area contributed by atoms with Crippen molar-refractivity contribution in [3.63, 3.8) is 0 Å². The van der Waals surface area contributed by atoms with Crippen molar-refractivity contribution >= 4 is 50.1 Å². The number of hydrogen-bond donors (Lipinski definition) is 0. The fourth-order valence-corrected chi connectivity index (χ4v) is 6.68. The van der Waals surface area contributed by atoms with E-state index in [1.54, 1.807) is 23.3 Å². The molecule has 0 radical (unpaired) electrons. The summed E-state index contributed by atoms with van der Waals surface area (Å²) in [4.78, 5) is 19.5. The molecule has 0 aliphatic carbocycles. The van der Waals surface area contributed by atoms with Gasteiger partial charge in [-0.15, -0.1) is 0 Å². The third kappa shape index (κ3) is 5.10. The van der Waals surface area contributed by atoms with Crippen molar-refractivity contribution in [2.75, 3.05) is 17.3 Å². The Morgan fingerprint density at radius 2 is 2.23 bits per heavy atom. The van der Waals surface area contributed by atoms with Gasteiger partial charge < -0.3 is 13.9 Å². The summed E-state index contributed by atoms with van der Waals surface area (Å²) in [5.74, 6) is 0.779. The van der Waals surface area contributed by atoms with E-state index in [0.717, 1.165) is 29.2 Å². The summed E-state index contributed by atoms with van der Waals surface area (Å²) >= 11 is 7.48. The minimum Gasteiger partial charge on any atom is -0.467 e. The largest absolute Gasteiger partial charge is 0.467 e. The molecule has 1 aromatic carbocycles. The molecule has 10 heteroatoms. The zero-order valence-electron chi connectivity index (χ0n) is 17.2. The molecule has 1 saturated heterocycles. The monoisotopic (exact) mass is 481 g/mol. The van der Waals surface area contributed by atoms with E-state index in [2.05, 4.69) is 16.5 Å². The predicted molar refractivity (Wildman–Crippen MR) is 122 cm³/mol. The van der Waals surface area contributed by atoms with Gasteiger partial charge in [-0.3, -0.25) is 4.79 Å². The van der Waals surface area contributed by atoms with E-state index in [-0.39, 0.29) is 35.8 Å². The van der Waals surface area contributed by atoms with Gasteiger partial charge in [0.2, 0.25) is 5.91 Å². The second-order valence-corrected chi connectivity index (χ2v) is 11.2. The Labute approximate surface area is 190 Å². The first kappa shape index (κ1) is 22.2. The number of halogens is 1. The van der Waals surface area contributed by atoms with Crippen molar-refractivity contribution in [2.24, 2.45) is 0 Å². The SMILES string of the molecule is CCCn1c(SCC(=O)N(Cc2ccco2)C2CCS(=O)(=O)C2)nc2cc(Cl)ccc21. The Bertz CT molecular complexity index is 1170. The highest BCUT2D eigenvalue weighted by Gasteiger charge is 2.35. The number of nitrogens with zero attached hydrogens (tertiary/aromatic N) is 3. The molecule has 166 valence electrons. The lowest BCUT2D eigenvalue weighted by Gasteiger charge is -2.27. The van der Waals surface area contributed by atoms with Gasteiger partial charge in [-0.25, -0.2) is 13.4 Å². The van der Waals surface area contributed by atoms with Crippen molar-refractivity contribution in [3.05, 3.63) is 47.4 Å². The van der Waals surface area contributed by atoms with Gasteiger partial charge in [0.25, 0.3) is 0 Å². The molecule has 1 amide bonds. The molecule has 3 heterocycles. The molecule has 1 aliphatic heterocycles. The van der Waals surface area contributed by atoms with Gasteiger partial charge in [-0.05, 0) is 43.2 Å². The maximum Gasteiger partial charge on any atom is 0.233 e. The van der Waals surface area contributed by atoms with Crippen LogP contribution in [0.15, 0.2) is 46.2 Å². The van der Waals surface area contributed by atoms with Crippen molar-refractivity contribution in [1.29, 1.82) is 0 Å². The van der Waals surface area contributed by atoms with E-state index in [4.69, 9.17) is 16.0 Å². The Kier molecular flexibility index (Phi) is 6.64. The minimum atomic E-state index is -3.12. The first-order valence-corrected chi connectivity index (χ1v) is 13.4. The van der Waals surface area contributed by atoms with E-state index in [1.165, 1.54) is 11.8 Å². The number of aromatic nitrogens is 2. The zero-order chi connectivity index (χ0) is 22.0. The van der Waals surface area contributed by atoms with E-state index in [1.807, 2.05) is 18.2 Å². The van der Waals surface area contributed by atoms with Gasteiger partial charge in [0, 0.05) is 17.6 Å². The number of aryl methyl sites for hydroxylation is 1. The molecular weight excluding hydrogens is 458 g/mol. The van der Waals surface area contributed by atoms with E-state index < -0.39 is 9.84 Å². The molecule has 3 aromatic rings. The van der Waals surface area contributed by atoms with Crippen LogP contribution in [0.4, 0.5) is 0 Å². The normalized spacial score (nSPS) is 17.9. The van der Waals surface area contributed by atoms with Gasteiger partial charge in [-0.2, -0.15) is 0 Å². The number of thioether (sulfide) groups is 1. The maximum absolute atomic E-state index is 13.2. The number of carbonyl (C=O) groups excluding carboxylic acids is 1. The zero-order valence-corrected chi connectivity index (χ0v) is 19.5. The number of imidazole rings is 1. The summed E-state index contributed by atoms with van der Waals surface area (Å²) in [6, 6.07) is 8.82. The Balaban J connectivity index is 1.54. The van der Waals surface area contributed by atoms with Crippen LogP contribution in [0.25, 0.3) is 11.0 Å². The molecule has 0 saturated carbocycles. The number of rotatable bonds is 8. The molecule has 0 spiro atoms. The Morgan fingerprint density at radius 1 is 1.39 bits per heavy atom. The second-order valence-electron chi connectivity index (χ2n) is 7.63. The first-order valence-electron chi connectivity index (χ1n) is 10.2. The third-order valence-electron chi connectivity index (χ3n) is 5.32. The van der Waals surface area contributed by atoms with Gasteiger partial charge in [0.1, 0.15) is 5.76 Å². The molecule has 7 nitrogen and oxygen atoms in total. The van der Waals surface area contributed by atoms with Crippen LogP contribution in [0.5, 0.6) is 0 Å². The van der Waals surface area contributed by atoms with Gasteiger partial charge in [-0.1, -0.05) is 30.3 Å². The van der Waals surface area contributed by atoms with Crippen molar-refractivity contribution in [2.45, 2.75) is 44.1 Å². The number of furan rings is 1. The second kappa shape index (κ2) is 9.26. The van der Waals surface area contributed by atoms with Crippen LogP contribution >= 0.6 is 23.4 Å². The standard InChI is InChI=1S/C21H24ClN3O4S2/c1-2-8-24-19-6-5-15(22)11-18(19)23-21(24)30-13-20(26)25(12-17-4-3-9-29-17)16-7-10-31(27,28)14-16/h3-6,9,11,16H,2,7-8,10,12-14H2,1H3. The molecule has 1 aliphatic rings. The predicted octanol–water partition coefficient (Wildman–Crippen LogP) is 4.00. The van der Waals surface area contributed by atoms with Crippen LogP contribution in [0, 0.1) is 0 Å². The maximum atomic E-state index is 13.2. The average molecular weight is 482 g/mol. The first-order chi connectivity index (χ1) is 14.9. The summed E-state index contributed by atoms with van der Waals surface area (Å²) < 4.78 is 31.5. The van der Waals surface area contributed by atoms with Crippen molar-refractivity contribution in [3.8, 4) is 0 Å². The molecule has 1 unspecified atom stereocenters. The minimum absolute atomic E-state index is 0.00301. The number of fused-ring (bicyclic) bond motifs is 1. The number of sulfone groups is 1. The van der Waals surface area contributed by atoms with E-state index in [0.29, 0.717) is 17.2 Å². The van der Waals surface area contributed by atoms with Crippen LogP contribution < -0.4 is 0 Å². The quantitative estimate of drug-likeness (QED) is 0.452. The summed E-state index contributed by atoms with van der Waals surface area (Å²) in [6.45, 7) is 3.13. The van der Waals surface area contributed by atoms with Gasteiger partial charge >= 0.3 is 0 Å². The van der Waals surface area contributed by atoms with Gasteiger partial charge in [0.15, 0.2) is 15.0 Å². The highest BCUT2D eigenvalue weighted by Crippen LogP contribution is 2.28. The molecule has 2 aromatic heterocycles. The van der Waals surface area contributed by atoms with Crippen molar-refractivity contribution in [1.82, 2.24) is 14.5 Å². The number of benzene rings is 1. The average Bonchev–Trinajstić information content (AvgIpc) is 3.44. The van der Waals surface area contributed by atoms with Crippen LogP contribution in [0.1, 0.15) is 25.5 Å². The topological polar surface area (TPSA) is 85.4 Å². The molecule has 31 heavy (non-hydrogen) atoms. The highest BCUT2D eigenvalue weighted by molar-refractivity contribution is 7.99. The number of hydrogen-bond acceptors (Lipinski definition) is 6. The molecule has 1 atom stereocenters. The van der Waals surface area contributed by atoms with Crippen LogP contribution in [-0.4, -0.2) is 52.1 Å². The molecule has 0 N–H and O–H groups in total. The summed E-state index contributed by atoms with van der Waals surface area (Å²) in [5.41, 5.74) is 1.78. The summed E-state index contributed by atoms with van der Waals surface area (Å²) in [6.07, 6.45) is 2.93. The van der Waals surface area contributed by atoms with Gasteiger partial charge in [0.05, 0.1) is 41.1 Å². The lowest BCUT2D eigenvalue weighted by Crippen LogP contribution is -2.41. The molecule has 0 bridgehead atoms. The molecule has 4 rings (SSSR count). The molecular formula is C21H24ClN3O4S2. The fourth-order valence-electron chi connectivity index (χ4n) is 3.85. The lowest BCUT2D eigenvalue weighted by molar-refractivity contribution is -0.131. The number of carbonyl (C=O) groups is 1. The number of amides is 1. The summed E-state index contributed by atoms with van der Waals surface area (Å²) in [5, 5.41) is 1.37. The molecule has 1 fully saturated rings. The fraction of sp³-hybridized carbons (Fsp3) is 0.429. The lowest BCUT2D eigenvalue weighted by atomic mass is 10.2. The van der Waals surface area contributed by atoms with Crippen molar-refractivity contribution < 1.29 is 17.6 Å². The van der Waals surface area contributed by atoms with Crippen LogP contribution in [-0.2, 0) is 27.7 Å². The van der Waals surface area contributed by atoms with Crippen LogP contribution in [0.3, 0.4) is 0 Å². The Morgan fingerprint density at radius 3 is 2.90 bits per heavy atom. The highest BCUT2D eigenvalue weighted by atomic mass is 35.5. The van der Waals surface area contributed by atoms with Crippen LogP contribution in [0.2, 0.25) is 5.02 Å². The van der Waals surface area contributed by atoms with E-state index >= 15 is 0 Å². The third-order valence-corrected chi connectivity index (χ3v) is 8.27. The summed E-state index contributed by atoms with van der Waals surface area (Å²) in [7, 11) is -3.12. The Hall–Kier alpha value is -1.97.